The Labute approximate surface area is 86.9 Å². The number of hydrogen-bond donors (Lipinski definition) is 1. The van der Waals surface area contributed by atoms with E-state index in [9.17, 15) is 0 Å². The van der Waals surface area contributed by atoms with Crippen LogP contribution >= 0.6 is 24.0 Å². The van der Waals surface area contributed by atoms with E-state index in [4.69, 9.17) is 0 Å². The van der Waals surface area contributed by atoms with Gasteiger partial charge in [0.2, 0.25) is 0 Å². The molecule has 0 saturated heterocycles. The number of aryl methyl sites for hydroxylation is 1. The van der Waals surface area contributed by atoms with E-state index in [1.54, 1.807) is 11.3 Å². The molecule has 0 amide bonds. The van der Waals surface area contributed by atoms with Crippen molar-refractivity contribution in [2.45, 2.75) is 11.8 Å². The van der Waals surface area contributed by atoms with Gasteiger partial charge in [-0.3, -0.25) is 0 Å². The average Bonchev–Trinajstić information content (AvgIpc) is 2.53. The van der Waals surface area contributed by atoms with Crippen molar-refractivity contribution in [1.29, 1.82) is 0 Å². The molecule has 2 aromatic rings. The SMILES string of the molecule is Cc1ncsc1-c1ccc(S)cc1. The van der Waals surface area contributed by atoms with Gasteiger partial charge >= 0.3 is 0 Å². The van der Waals surface area contributed by atoms with Gasteiger partial charge in [-0.05, 0) is 24.6 Å². The molecule has 0 unspecified atom stereocenters. The van der Waals surface area contributed by atoms with Gasteiger partial charge in [-0.2, -0.15) is 0 Å². The van der Waals surface area contributed by atoms with Gasteiger partial charge < -0.3 is 0 Å². The molecule has 0 atom stereocenters. The first-order valence-electron chi connectivity index (χ1n) is 3.97. The Morgan fingerprint density at radius 1 is 1.23 bits per heavy atom. The molecule has 0 spiro atoms. The molecule has 1 nitrogen and oxygen atoms in total. The van der Waals surface area contributed by atoms with Gasteiger partial charge in [0.15, 0.2) is 0 Å². The van der Waals surface area contributed by atoms with Gasteiger partial charge in [0.05, 0.1) is 16.1 Å². The van der Waals surface area contributed by atoms with Crippen LogP contribution in [0.1, 0.15) is 5.69 Å². The van der Waals surface area contributed by atoms with Crippen molar-refractivity contribution < 1.29 is 0 Å². The molecular weight excluding hydrogens is 198 g/mol. The molecule has 3 heteroatoms. The van der Waals surface area contributed by atoms with Gasteiger partial charge in [-0.15, -0.1) is 24.0 Å². The lowest BCUT2D eigenvalue weighted by atomic mass is 10.2. The fourth-order valence-electron chi connectivity index (χ4n) is 1.19. The van der Waals surface area contributed by atoms with E-state index in [1.165, 1.54) is 10.4 Å². The van der Waals surface area contributed by atoms with E-state index in [-0.39, 0.29) is 0 Å². The summed E-state index contributed by atoms with van der Waals surface area (Å²) in [7, 11) is 0. The van der Waals surface area contributed by atoms with Crippen LogP contribution in [0.5, 0.6) is 0 Å². The van der Waals surface area contributed by atoms with Crippen LogP contribution in [0.2, 0.25) is 0 Å². The zero-order chi connectivity index (χ0) is 9.26. The average molecular weight is 207 g/mol. The lowest BCUT2D eigenvalue weighted by Crippen LogP contribution is -1.76. The second-order valence-corrected chi connectivity index (χ2v) is 4.18. The number of rotatable bonds is 1. The van der Waals surface area contributed by atoms with Crippen LogP contribution in [0.4, 0.5) is 0 Å². The minimum absolute atomic E-state index is 0.992. The topological polar surface area (TPSA) is 12.9 Å². The summed E-state index contributed by atoms with van der Waals surface area (Å²) in [5.41, 5.74) is 4.19. The van der Waals surface area contributed by atoms with E-state index in [0.29, 0.717) is 0 Å². The number of benzene rings is 1. The largest absolute Gasteiger partial charge is 0.249 e. The smallest absolute Gasteiger partial charge is 0.0801 e. The second kappa shape index (κ2) is 3.52. The second-order valence-electron chi connectivity index (χ2n) is 2.81. The molecule has 0 radical (unpaired) electrons. The van der Waals surface area contributed by atoms with E-state index >= 15 is 0 Å². The molecule has 13 heavy (non-hydrogen) atoms. The van der Waals surface area contributed by atoms with E-state index in [1.807, 2.05) is 24.6 Å². The molecule has 0 aliphatic carbocycles. The zero-order valence-corrected chi connectivity index (χ0v) is 8.90. The summed E-state index contributed by atoms with van der Waals surface area (Å²) >= 11 is 5.92. The maximum absolute atomic E-state index is 4.24. The predicted molar refractivity (Wildman–Crippen MR) is 59.5 cm³/mol. The van der Waals surface area contributed by atoms with Gasteiger partial charge in [0.25, 0.3) is 0 Å². The summed E-state index contributed by atoms with van der Waals surface area (Å²) in [6.45, 7) is 2.03. The Hall–Kier alpha value is -0.800. The van der Waals surface area contributed by atoms with Crippen LogP contribution < -0.4 is 0 Å². The molecule has 0 saturated carbocycles. The van der Waals surface area contributed by atoms with Crippen molar-refractivity contribution >= 4 is 24.0 Å². The van der Waals surface area contributed by atoms with Crippen LogP contribution in [-0.4, -0.2) is 4.98 Å². The number of thiazole rings is 1. The van der Waals surface area contributed by atoms with Crippen molar-refractivity contribution in [3.63, 3.8) is 0 Å². The fraction of sp³-hybridized carbons (Fsp3) is 0.100. The highest BCUT2D eigenvalue weighted by Gasteiger charge is 2.03. The maximum atomic E-state index is 4.24. The molecule has 0 aliphatic rings. The first-order valence-corrected chi connectivity index (χ1v) is 5.29. The first kappa shape index (κ1) is 8.78. The number of thiol groups is 1. The molecule has 1 aromatic heterocycles. The van der Waals surface area contributed by atoms with Gasteiger partial charge in [0.1, 0.15) is 0 Å². The van der Waals surface area contributed by atoms with Crippen LogP contribution in [0, 0.1) is 6.92 Å². The molecule has 0 fully saturated rings. The Kier molecular flexibility index (Phi) is 2.38. The van der Waals surface area contributed by atoms with Gasteiger partial charge in [-0.25, -0.2) is 4.98 Å². The third kappa shape index (κ3) is 1.76. The van der Waals surface area contributed by atoms with Crippen molar-refractivity contribution in [3.8, 4) is 10.4 Å². The third-order valence-corrected chi connectivity index (χ3v) is 3.15. The van der Waals surface area contributed by atoms with Crippen LogP contribution in [0.25, 0.3) is 10.4 Å². The van der Waals surface area contributed by atoms with Gasteiger partial charge in [0, 0.05) is 4.90 Å². The Morgan fingerprint density at radius 2 is 1.92 bits per heavy atom. The number of aromatic nitrogens is 1. The minimum atomic E-state index is 0.992. The zero-order valence-electron chi connectivity index (χ0n) is 7.19. The summed E-state index contributed by atoms with van der Waals surface area (Å²) in [5, 5.41) is 0. The summed E-state index contributed by atoms with van der Waals surface area (Å²) in [5.74, 6) is 0. The molecule has 0 aliphatic heterocycles. The minimum Gasteiger partial charge on any atom is -0.249 e. The Morgan fingerprint density at radius 3 is 2.46 bits per heavy atom. The number of hydrogen-bond acceptors (Lipinski definition) is 3. The Balaban J connectivity index is 2.47. The highest BCUT2D eigenvalue weighted by atomic mass is 32.1. The molecule has 2 rings (SSSR count). The van der Waals surface area contributed by atoms with Crippen LogP contribution in [-0.2, 0) is 0 Å². The van der Waals surface area contributed by atoms with Crippen LogP contribution in [0.3, 0.4) is 0 Å². The molecule has 0 bridgehead atoms. The number of nitrogens with zero attached hydrogens (tertiary/aromatic N) is 1. The monoisotopic (exact) mass is 207 g/mol. The van der Waals surface area contributed by atoms with Crippen molar-refractivity contribution in [1.82, 2.24) is 4.98 Å². The fourth-order valence-corrected chi connectivity index (χ4v) is 2.15. The highest BCUT2D eigenvalue weighted by Crippen LogP contribution is 2.27. The van der Waals surface area contributed by atoms with E-state index in [0.717, 1.165) is 10.6 Å². The molecular formula is C10H9NS2. The van der Waals surface area contributed by atoms with E-state index < -0.39 is 0 Å². The third-order valence-electron chi connectivity index (χ3n) is 1.88. The van der Waals surface area contributed by atoms with Crippen molar-refractivity contribution in [2.75, 3.05) is 0 Å². The molecule has 0 N–H and O–H groups in total. The molecule has 1 aromatic carbocycles. The quantitative estimate of drug-likeness (QED) is 0.707. The van der Waals surface area contributed by atoms with Gasteiger partial charge in [-0.1, -0.05) is 12.1 Å². The normalized spacial score (nSPS) is 10.3. The summed E-state index contributed by atoms with van der Waals surface area (Å²) in [6.07, 6.45) is 0. The highest BCUT2D eigenvalue weighted by molar-refractivity contribution is 7.80. The first-order chi connectivity index (χ1) is 6.27. The summed E-state index contributed by atoms with van der Waals surface area (Å²) in [4.78, 5) is 6.45. The van der Waals surface area contributed by atoms with Crippen LogP contribution in [0.15, 0.2) is 34.7 Å². The maximum Gasteiger partial charge on any atom is 0.0801 e. The molecule has 1 heterocycles. The van der Waals surface area contributed by atoms with E-state index in [2.05, 4.69) is 29.7 Å². The molecule has 66 valence electrons. The van der Waals surface area contributed by atoms with Crippen molar-refractivity contribution in [3.05, 3.63) is 35.5 Å². The lowest BCUT2D eigenvalue weighted by molar-refractivity contribution is 1.27. The summed E-state index contributed by atoms with van der Waals surface area (Å²) < 4.78 is 0. The Bertz CT molecular complexity index is 403. The summed E-state index contributed by atoms with van der Waals surface area (Å²) in [6, 6.07) is 8.14. The standard InChI is InChI=1S/C10H9NS2/c1-7-10(13-6-11-7)8-2-4-9(12)5-3-8/h2-6,12H,1H3. The van der Waals surface area contributed by atoms with Crippen molar-refractivity contribution in [2.24, 2.45) is 0 Å². The predicted octanol–water partition coefficient (Wildman–Crippen LogP) is 3.41. The lowest BCUT2D eigenvalue weighted by Gasteiger charge is -1.98.